The van der Waals surface area contributed by atoms with E-state index in [2.05, 4.69) is 21.7 Å². The van der Waals surface area contributed by atoms with Gasteiger partial charge in [0.2, 0.25) is 10.0 Å². The van der Waals surface area contributed by atoms with Gasteiger partial charge < -0.3 is 5.32 Å². The van der Waals surface area contributed by atoms with Crippen molar-refractivity contribution in [1.29, 1.82) is 0 Å². The van der Waals surface area contributed by atoms with Crippen LogP contribution in [0.2, 0.25) is 0 Å². The van der Waals surface area contributed by atoms with Crippen molar-refractivity contribution in [3.8, 4) is 0 Å². The smallest absolute Gasteiger partial charge is 0.251 e. The normalized spacial score (nSPS) is 18.4. The van der Waals surface area contributed by atoms with Crippen LogP contribution in [-0.2, 0) is 16.6 Å². The molecule has 0 radical (unpaired) electrons. The second-order valence-electron chi connectivity index (χ2n) is 7.09. The van der Waals surface area contributed by atoms with Gasteiger partial charge >= 0.3 is 0 Å². The van der Waals surface area contributed by atoms with Gasteiger partial charge in [-0.15, -0.1) is 11.3 Å². The van der Waals surface area contributed by atoms with Crippen molar-refractivity contribution in [1.82, 2.24) is 10.2 Å². The van der Waals surface area contributed by atoms with Crippen LogP contribution in [0.1, 0.15) is 39.2 Å². The first-order valence-electron chi connectivity index (χ1n) is 8.93. The molecule has 0 aliphatic carbocycles. The van der Waals surface area contributed by atoms with E-state index in [0.717, 1.165) is 38.0 Å². The van der Waals surface area contributed by atoms with Crippen LogP contribution in [-0.4, -0.2) is 38.4 Å². The lowest BCUT2D eigenvalue weighted by molar-refractivity contribution is 0.0901. The Bertz CT molecular complexity index is 924. The number of amides is 1. The molecule has 146 valence electrons. The molecule has 0 unspecified atom stereocenters. The van der Waals surface area contributed by atoms with E-state index in [9.17, 15) is 13.2 Å². The van der Waals surface area contributed by atoms with Crippen molar-refractivity contribution in [3.05, 3.63) is 51.2 Å². The zero-order valence-electron chi connectivity index (χ0n) is 15.6. The summed E-state index contributed by atoms with van der Waals surface area (Å²) < 4.78 is 23.6. The molecule has 1 aromatic heterocycles. The van der Waals surface area contributed by atoms with E-state index in [1.54, 1.807) is 31.3 Å². The zero-order chi connectivity index (χ0) is 19.6. The number of sulfonamides is 1. The van der Waals surface area contributed by atoms with E-state index in [1.165, 1.54) is 10.9 Å². The molecule has 3 N–H and O–H groups in total. The monoisotopic (exact) mass is 407 g/mol. The van der Waals surface area contributed by atoms with Crippen molar-refractivity contribution < 1.29 is 13.2 Å². The Balaban J connectivity index is 1.70. The van der Waals surface area contributed by atoms with E-state index in [0.29, 0.717) is 11.1 Å². The first-order valence-corrected chi connectivity index (χ1v) is 11.4. The standard InChI is InChI=1S/C19H25N3O3S2/c1-13-9-15(10-18(14(13)2)27(20,24)25)19(23)21-16-5-3-7-22(11-16)12-17-6-4-8-26-17/h4,6,8-10,16H,3,5,7,11-12H2,1-2H3,(H,21,23)(H2,20,24,25)/t16-/m1/s1. The number of likely N-dealkylation sites (tertiary alicyclic amines) is 1. The molecule has 3 rings (SSSR count). The van der Waals surface area contributed by atoms with Gasteiger partial charge in [-0.25, -0.2) is 13.6 Å². The Morgan fingerprint density at radius 1 is 1.37 bits per heavy atom. The fraction of sp³-hybridized carbons (Fsp3) is 0.421. The highest BCUT2D eigenvalue weighted by atomic mass is 32.2. The fourth-order valence-electron chi connectivity index (χ4n) is 3.46. The molecular weight excluding hydrogens is 382 g/mol. The van der Waals surface area contributed by atoms with Gasteiger partial charge in [0.05, 0.1) is 4.90 Å². The number of piperidine rings is 1. The quantitative estimate of drug-likeness (QED) is 0.796. The zero-order valence-corrected chi connectivity index (χ0v) is 17.2. The number of aryl methyl sites for hydroxylation is 1. The highest BCUT2D eigenvalue weighted by Crippen LogP contribution is 2.21. The third kappa shape index (κ3) is 4.95. The predicted molar refractivity (Wildman–Crippen MR) is 107 cm³/mol. The average molecular weight is 408 g/mol. The van der Waals surface area contributed by atoms with Crippen LogP contribution >= 0.6 is 11.3 Å². The fourth-order valence-corrected chi connectivity index (χ4v) is 5.09. The average Bonchev–Trinajstić information content (AvgIpc) is 3.09. The van der Waals surface area contributed by atoms with Gasteiger partial charge in [-0.05, 0) is 67.9 Å². The molecule has 27 heavy (non-hydrogen) atoms. The summed E-state index contributed by atoms with van der Waals surface area (Å²) in [6.07, 6.45) is 1.94. The summed E-state index contributed by atoms with van der Waals surface area (Å²) in [5, 5.41) is 10.4. The van der Waals surface area contributed by atoms with Gasteiger partial charge in [0.1, 0.15) is 0 Å². The maximum Gasteiger partial charge on any atom is 0.251 e. The van der Waals surface area contributed by atoms with E-state index >= 15 is 0 Å². The van der Waals surface area contributed by atoms with Gasteiger partial charge in [-0.1, -0.05) is 6.07 Å². The minimum Gasteiger partial charge on any atom is -0.348 e. The van der Waals surface area contributed by atoms with Gasteiger partial charge in [0, 0.05) is 29.6 Å². The van der Waals surface area contributed by atoms with Crippen LogP contribution in [0.3, 0.4) is 0 Å². The number of hydrogen-bond acceptors (Lipinski definition) is 5. The first kappa shape index (κ1) is 20.0. The van der Waals surface area contributed by atoms with Gasteiger partial charge in [0.15, 0.2) is 0 Å². The molecule has 0 saturated carbocycles. The number of rotatable bonds is 5. The molecule has 1 aromatic carbocycles. The molecule has 6 nitrogen and oxygen atoms in total. The maximum atomic E-state index is 12.7. The van der Waals surface area contributed by atoms with Crippen LogP contribution in [0.25, 0.3) is 0 Å². The second kappa shape index (κ2) is 8.10. The summed E-state index contributed by atoms with van der Waals surface area (Å²) in [6, 6.07) is 7.30. The Kier molecular flexibility index (Phi) is 6.00. The SMILES string of the molecule is Cc1cc(C(=O)N[C@@H]2CCCN(Cc3cccs3)C2)cc(S(N)(=O)=O)c1C. The van der Waals surface area contributed by atoms with Crippen LogP contribution in [0, 0.1) is 13.8 Å². The predicted octanol–water partition coefficient (Wildman–Crippen LogP) is 2.41. The summed E-state index contributed by atoms with van der Waals surface area (Å²) in [7, 11) is -3.87. The van der Waals surface area contributed by atoms with E-state index in [4.69, 9.17) is 5.14 Å². The Labute approximate surface area is 164 Å². The van der Waals surface area contributed by atoms with Crippen molar-refractivity contribution in [2.45, 2.75) is 44.2 Å². The van der Waals surface area contributed by atoms with Crippen molar-refractivity contribution in [2.75, 3.05) is 13.1 Å². The van der Waals surface area contributed by atoms with Gasteiger partial charge in [0.25, 0.3) is 5.91 Å². The summed E-state index contributed by atoms with van der Waals surface area (Å²) in [5.41, 5.74) is 1.64. The Hall–Kier alpha value is -1.74. The largest absolute Gasteiger partial charge is 0.348 e. The molecule has 1 aliphatic heterocycles. The third-order valence-corrected chi connectivity index (χ3v) is 6.89. The van der Waals surface area contributed by atoms with E-state index < -0.39 is 10.0 Å². The van der Waals surface area contributed by atoms with Crippen LogP contribution in [0.4, 0.5) is 0 Å². The third-order valence-electron chi connectivity index (χ3n) is 4.99. The maximum absolute atomic E-state index is 12.7. The summed E-state index contributed by atoms with van der Waals surface area (Å²) in [6.45, 7) is 6.17. The summed E-state index contributed by atoms with van der Waals surface area (Å²) in [4.78, 5) is 16.4. The Morgan fingerprint density at radius 3 is 2.81 bits per heavy atom. The minimum atomic E-state index is -3.87. The van der Waals surface area contributed by atoms with E-state index in [-0.39, 0.29) is 16.8 Å². The molecule has 1 atom stereocenters. The summed E-state index contributed by atoms with van der Waals surface area (Å²) >= 11 is 1.74. The second-order valence-corrected chi connectivity index (χ2v) is 9.65. The highest BCUT2D eigenvalue weighted by Gasteiger charge is 2.23. The topological polar surface area (TPSA) is 92.5 Å². The molecule has 0 bridgehead atoms. The lowest BCUT2D eigenvalue weighted by Crippen LogP contribution is -2.47. The molecule has 2 heterocycles. The number of benzene rings is 1. The molecule has 1 saturated heterocycles. The number of carbonyl (C=O) groups excluding carboxylic acids is 1. The molecule has 0 spiro atoms. The lowest BCUT2D eigenvalue weighted by Gasteiger charge is -2.32. The van der Waals surface area contributed by atoms with Gasteiger partial charge in [-0.3, -0.25) is 9.69 Å². The number of nitrogens with two attached hydrogens (primary N) is 1. The highest BCUT2D eigenvalue weighted by molar-refractivity contribution is 7.89. The van der Waals surface area contributed by atoms with Crippen molar-refractivity contribution in [3.63, 3.8) is 0 Å². The van der Waals surface area contributed by atoms with Crippen LogP contribution in [0.5, 0.6) is 0 Å². The van der Waals surface area contributed by atoms with Crippen molar-refractivity contribution in [2.24, 2.45) is 5.14 Å². The molecule has 1 amide bonds. The van der Waals surface area contributed by atoms with Crippen LogP contribution in [0.15, 0.2) is 34.5 Å². The molecule has 2 aromatic rings. The number of hydrogen-bond donors (Lipinski definition) is 2. The van der Waals surface area contributed by atoms with Crippen LogP contribution < -0.4 is 10.5 Å². The number of nitrogens with zero attached hydrogens (tertiary/aromatic N) is 1. The number of thiophene rings is 1. The number of nitrogens with one attached hydrogen (secondary N) is 1. The summed E-state index contributed by atoms with van der Waals surface area (Å²) in [5.74, 6) is -0.258. The first-order chi connectivity index (χ1) is 12.7. The van der Waals surface area contributed by atoms with Gasteiger partial charge in [-0.2, -0.15) is 0 Å². The van der Waals surface area contributed by atoms with Crippen molar-refractivity contribution >= 4 is 27.3 Å². The molecule has 1 aliphatic rings. The molecule has 1 fully saturated rings. The minimum absolute atomic E-state index is 0.00983. The Morgan fingerprint density at radius 2 is 2.15 bits per heavy atom. The lowest BCUT2D eigenvalue weighted by atomic mass is 10.0. The van der Waals surface area contributed by atoms with E-state index in [1.807, 2.05) is 6.07 Å². The molecular formula is C19H25N3O3S2. The molecule has 8 heteroatoms. The number of carbonyl (C=O) groups is 1. The number of primary sulfonamides is 1.